The van der Waals surface area contributed by atoms with E-state index < -0.39 is 0 Å². The first-order chi connectivity index (χ1) is 12.2. The lowest BCUT2D eigenvalue weighted by atomic mass is 10.0. The van der Waals surface area contributed by atoms with Crippen LogP contribution < -0.4 is 5.63 Å². The summed E-state index contributed by atoms with van der Waals surface area (Å²) in [4.78, 5) is 12.7. The summed E-state index contributed by atoms with van der Waals surface area (Å²) in [5, 5.41) is 4.43. The van der Waals surface area contributed by atoms with Crippen LogP contribution in [0.25, 0.3) is 43.8 Å². The van der Waals surface area contributed by atoms with E-state index in [0.717, 1.165) is 32.9 Å². The molecule has 0 N–H and O–H groups in total. The van der Waals surface area contributed by atoms with Crippen LogP contribution in [0, 0.1) is 6.92 Å². The Labute approximate surface area is 143 Å². The second-order valence-corrected chi connectivity index (χ2v) is 6.15. The van der Waals surface area contributed by atoms with E-state index >= 15 is 0 Å². The zero-order chi connectivity index (χ0) is 17.0. The van der Waals surface area contributed by atoms with Crippen LogP contribution in [0.15, 0.2) is 80.4 Å². The molecular formula is C22H14O3. The third-order valence-electron chi connectivity index (χ3n) is 4.67. The van der Waals surface area contributed by atoms with Crippen LogP contribution in [-0.4, -0.2) is 0 Å². The van der Waals surface area contributed by atoms with Gasteiger partial charge in [0, 0.05) is 16.3 Å². The fourth-order valence-corrected chi connectivity index (χ4v) is 3.58. The minimum Gasteiger partial charge on any atom is -0.460 e. The Morgan fingerprint density at radius 1 is 0.720 bits per heavy atom. The smallest absolute Gasteiger partial charge is 0.348 e. The van der Waals surface area contributed by atoms with Crippen molar-refractivity contribution in [3.8, 4) is 11.3 Å². The van der Waals surface area contributed by atoms with Crippen molar-refractivity contribution >= 4 is 32.5 Å². The van der Waals surface area contributed by atoms with Crippen LogP contribution in [0.2, 0.25) is 0 Å². The molecular weight excluding hydrogens is 312 g/mol. The molecule has 3 nitrogen and oxygen atoms in total. The lowest BCUT2D eigenvalue weighted by molar-refractivity contribution is 0.550. The number of fused-ring (bicyclic) bond motifs is 5. The molecule has 0 amide bonds. The van der Waals surface area contributed by atoms with E-state index in [4.69, 9.17) is 8.83 Å². The lowest BCUT2D eigenvalue weighted by Crippen LogP contribution is -2.00. The molecule has 25 heavy (non-hydrogen) atoms. The molecule has 0 saturated heterocycles. The van der Waals surface area contributed by atoms with Crippen LogP contribution in [-0.2, 0) is 0 Å². The van der Waals surface area contributed by atoms with Crippen molar-refractivity contribution in [3.63, 3.8) is 0 Å². The quantitative estimate of drug-likeness (QED) is 0.294. The molecule has 3 aromatic carbocycles. The first kappa shape index (κ1) is 14.1. The van der Waals surface area contributed by atoms with Gasteiger partial charge in [-0.05, 0) is 23.8 Å². The minimum atomic E-state index is -0.367. The first-order valence-corrected chi connectivity index (χ1v) is 8.17. The fraction of sp³-hybridized carbons (Fsp3) is 0.0455. The monoisotopic (exact) mass is 326 g/mol. The molecule has 5 rings (SSSR count). The normalized spacial score (nSPS) is 11.6. The molecule has 120 valence electrons. The Morgan fingerprint density at radius 3 is 2.32 bits per heavy atom. The number of furan rings is 1. The molecule has 0 aliphatic rings. The van der Waals surface area contributed by atoms with Gasteiger partial charge in [0.2, 0.25) is 0 Å². The van der Waals surface area contributed by atoms with Gasteiger partial charge in [-0.3, -0.25) is 0 Å². The summed E-state index contributed by atoms with van der Waals surface area (Å²) >= 11 is 0. The van der Waals surface area contributed by atoms with E-state index in [1.165, 1.54) is 0 Å². The van der Waals surface area contributed by atoms with Crippen molar-refractivity contribution in [2.24, 2.45) is 0 Å². The van der Waals surface area contributed by atoms with E-state index in [9.17, 15) is 4.79 Å². The lowest BCUT2D eigenvalue weighted by Gasteiger charge is -2.04. The number of hydrogen-bond acceptors (Lipinski definition) is 3. The zero-order valence-corrected chi connectivity index (χ0v) is 13.6. The van der Waals surface area contributed by atoms with Gasteiger partial charge >= 0.3 is 5.63 Å². The maximum atomic E-state index is 12.7. The fourth-order valence-electron chi connectivity index (χ4n) is 3.58. The third kappa shape index (κ3) is 1.96. The Morgan fingerprint density at radius 2 is 1.48 bits per heavy atom. The summed E-state index contributed by atoms with van der Waals surface area (Å²) in [7, 11) is 0. The van der Waals surface area contributed by atoms with Gasteiger partial charge in [-0.25, -0.2) is 4.79 Å². The molecule has 3 heteroatoms. The highest BCUT2D eigenvalue weighted by Crippen LogP contribution is 2.38. The van der Waals surface area contributed by atoms with Gasteiger partial charge in [0.1, 0.15) is 22.5 Å². The molecule has 0 saturated carbocycles. The molecule has 5 aromatic rings. The van der Waals surface area contributed by atoms with Crippen molar-refractivity contribution in [1.82, 2.24) is 0 Å². The molecule has 2 heterocycles. The highest BCUT2D eigenvalue weighted by atomic mass is 16.4. The Hall–Kier alpha value is -3.33. The van der Waals surface area contributed by atoms with Crippen molar-refractivity contribution < 1.29 is 8.83 Å². The van der Waals surface area contributed by atoms with E-state index in [-0.39, 0.29) is 5.63 Å². The average molecular weight is 326 g/mol. The molecule has 0 radical (unpaired) electrons. The van der Waals surface area contributed by atoms with Gasteiger partial charge in [0.05, 0.1) is 0 Å². The van der Waals surface area contributed by atoms with Crippen LogP contribution >= 0.6 is 0 Å². The second kappa shape index (κ2) is 5.08. The maximum Gasteiger partial charge on any atom is 0.348 e. The summed E-state index contributed by atoms with van der Waals surface area (Å²) < 4.78 is 11.7. The van der Waals surface area contributed by atoms with Gasteiger partial charge in [0.25, 0.3) is 0 Å². The molecule has 0 bridgehead atoms. The maximum absolute atomic E-state index is 12.7. The highest BCUT2D eigenvalue weighted by Gasteiger charge is 2.21. The highest BCUT2D eigenvalue weighted by molar-refractivity contribution is 6.20. The summed E-state index contributed by atoms with van der Waals surface area (Å²) in [5.74, 6) is 1.29. The van der Waals surface area contributed by atoms with Crippen LogP contribution in [0.3, 0.4) is 0 Å². The van der Waals surface area contributed by atoms with E-state index in [1.807, 2.05) is 67.6 Å². The molecule has 0 aliphatic heterocycles. The predicted octanol–water partition coefficient (Wildman–Crippen LogP) is 5.67. The molecule has 0 unspecified atom stereocenters. The van der Waals surface area contributed by atoms with Gasteiger partial charge in [-0.1, -0.05) is 60.7 Å². The van der Waals surface area contributed by atoms with Crippen LogP contribution in [0.5, 0.6) is 0 Å². The van der Waals surface area contributed by atoms with Gasteiger partial charge in [0.15, 0.2) is 0 Å². The molecule has 0 aliphatic carbocycles. The standard InChI is InChI=1S/C22H14O3/c1-13-18-19-16-10-6-5-7-14(16)11-12-17(19)25-22(23)20(18)21(24-13)15-8-3-2-4-9-15/h2-12H,1H3. The largest absolute Gasteiger partial charge is 0.460 e. The van der Waals surface area contributed by atoms with Crippen LogP contribution in [0.1, 0.15) is 5.76 Å². The van der Waals surface area contributed by atoms with E-state index in [2.05, 4.69) is 6.07 Å². The zero-order valence-electron chi connectivity index (χ0n) is 13.6. The summed E-state index contributed by atoms with van der Waals surface area (Å²) in [6.45, 7) is 1.90. The van der Waals surface area contributed by atoms with Crippen LogP contribution in [0.4, 0.5) is 0 Å². The summed E-state index contributed by atoms with van der Waals surface area (Å²) in [5.41, 5.74) is 1.08. The van der Waals surface area contributed by atoms with Crippen molar-refractivity contribution in [1.29, 1.82) is 0 Å². The molecule has 0 fully saturated rings. The number of hydrogen-bond donors (Lipinski definition) is 0. The molecule has 2 aromatic heterocycles. The minimum absolute atomic E-state index is 0.367. The van der Waals surface area contributed by atoms with Gasteiger partial charge in [-0.15, -0.1) is 0 Å². The average Bonchev–Trinajstić information content (AvgIpc) is 3.00. The number of aryl methyl sites for hydroxylation is 1. The van der Waals surface area contributed by atoms with Crippen molar-refractivity contribution in [3.05, 3.63) is 82.9 Å². The molecule has 0 spiro atoms. The summed E-state index contributed by atoms with van der Waals surface area (Å²) in [6.07, 6.45) is 0. The van der Waals surface area contributed by atoms with Crippen molar-refractivity contribution in [2.45, 2.75) is 6.92 Å². The Kier molecular flexibility index (Phi) is 2.86. The van der Waals surface area contributed by atoms with E-state index in [1.54, 1.807) is 0 Å². The van der Waals surface area contributed by atoms with Gasteiger partial charge in [-0.2, -0.15) is 0 Å². The Balaban J connectivity index is 2.05. The van der Waals surface area contributed by atoms with E-state index in [0.29, 0.717) is 16.7 Å². The topological polar surface area (TPSA) is 43.4 Å². The third-order valence-corrected chi connectivity index (χ3v) is 4.67. The number of rotatable bonds is 1. The first-order valence-electron chi connectivity index (χ1n) is 8.17. The number of benzene rings is 3. The summed E-state index contributed by atoms with van der Waals surface area (Å²) in [6, 6.07) is 21.6. The SMILES string of the molecule is Cc1oc(-c2ccccc2)c2c(=O)oc3ccc4ccccc4c3c12. The predicted molar refractivity (Wildman–Crippen MR) is 99.9 cm³/mol. The second-order valence-electron chi connectivity index (χ2n) is 6.15. The Bertz CT molecular complexity index is 1310. The van der Waals surface area contributed by atoms with Crippen molar-refractivity contribution in [2.75, 3.05) is 0 Å². The van der Waals surface area contributed by atoms with Gasteiger partial charge < -0.3 is 8.83 Å². The molecule has 0 atom stereocenters.